The topological polar surface area (TPSA) is 26.0 Å². The second-order valence-corrected chi connectivity index (χ2v) is 6.85. The van der Waals surface area contributed by atoms with Gasteiger partial charge < -0.3 is 5.73 Å². The molecule has 0 heterocycles. The quantitative estimate of drug-likeness (QED) is 0.831. The Labute approximate surface area is 125 Å². The first-order chi connectivity index (χ1) is 9.63. The Kier molecular flexibility index (Phi) is 5.65. The molecule has 2 N–H and O–H groups in total. The maximum absolute atomic E-state index is 6.02. The first-order valence-electron chi connectivity index (χ1n) is 8.40. The van der Waals surface area contributed by atoms with Crippen molar-refractivity contribution in [1.82, 2.24) is 0 Å². The minimum Gasteiger partial charge on any atom is -0.330 e. The van der Waals surface area contributed by atoms with Gasteiger partial charge in [-0.05, 0) is 74.1 Å². The number of hydrogen-bond acceptors (Lipinski definition) is 1. The van der Waals surface area contributed by atoms with Gasteiger partial charge in [-0.3, -0.25) is 0 Å². The summed E-state index contributed by atoms with van der Waals surface area (Å²) in [5.41, 5.74) is 10.4. The van der Waals surface area contributed by atoms with Crippen LogP contribution in [0.15, 0.2) is 18.2 Å². The highest BCUT2D eigenvalue weighted by Crippen LogP contribution is 2.37. The average molecular weight is 273 g/mol. The molecule has 0 aliphatic heterocycles. The highest BCUT2D eigenvalue weighted by Gasteiger charge is 2.29. The van der Waals surface area contributed by atoms with Crippen molar-refractivity contribution in [3.05, 3.63) is 34.9 Å². The van der Waals surface area contributed by atoms with Gasteiger partial charge in [0.15, 0.2) is 0 Å². The Bertz CT molecular complexity index is 424. The summed E-state index contributed by atoms with van der Waals surface area (Å²) in [5, 5.41) is 0. The summed E-state index contributed by atoms with van der Waals surface area (Å²) < 4.78 is 0. The lowest BCUT2D eigenvalue weighted by Crippen LogP contribution is -2.31. The Morgan fingerprint density at radius 1 is 1.10 bits per heavy atom. The van der Waals surface area contributed by atoms with E-state index >= 15 is 0 Å². The summed E-state index contributed by atoms with van der Waals surface area (Å²) in [5.74, 6) is 2.48. The van der Waals surface area contributed by atoms with E-state index in [-0.39, 0.29) is 0 Å². The van der Waals surface area contributed by atoms with Crippen LogP contribution in [0.2, 0.25) is 0 Å². The molecule has 0 amide bonds. The lowest BCUT2D eigenvalue weighted by molar-refractivity contribution is 0.175. The van der Waals surface area contributed by atoms with E-state index in [4.69, 9.17) is 5.73 Å². The van der Waals surface area contributed by atoms with E-state index in [1.54, 1.807) is 0 Å². The van der Waals surface area contributed by atoms with Crippen LogP contribution < -0.4 is 5.73 Å². The molecule has 1 aromatic carbocycles. The van der Waals surface area contributed by atoms with Crippen LogP contribution in [0.1, 0.15) is 55.7 Å². The van der Waals surface area contributed by atoms with Gasteiger partial charge in [0, 0.05) is 0 Å². The van der Waals surface area contributed by atoms with Crippen LogP contribution in [0.4, 0.5) is 0 Å². The van der Waals surface area contributed by atoms with E-state index in [1.807, 2.05) is 0 Å². The fourth-order valence-corrected chi connectivity index (χ4v) is 3.89. The van der Waals surface area contributed by atoms with Crippen molar-refractivity contribution in [1.29, 1.82) is 0 Å². The van der Waals surface area contributed by atoms with Crippen molar-refractivity contribution >= 4 is 0 Å². The summed E-state index contributed by atoms with van der Waals surface area (Å²) in [4.78, 5) is 0. The van der Waals surface area contributed by atoms with E-state index < -0.39 is 0 Å². The van der Waals surface area contributed by atoms with Crippen molar-refractivity contribution in [2.24, 2.45) is 23.5 Å². The van der Waals surface area contributed by atoms with Crippen LogP contribution in [0.3, 0.4) is 0 Å². The predicted molar refractivity (Wildman–Crippen MR) is 87.9 cm³/mol. The molecule has 1 heteroatoms. The van der Waals surface area contributed by atoms with Crippen molar-refractivity contribution < 1.29 is 0 Å². The molecule has 0 radical (unpaired) electrons. The molecule has 0 spiro atoms. The molecular weight excluding hydrogens is 242 g/mol. The van der Waals surface area contributed by atoms with E-state index in [0.29, 0.717) is 0 Å². The third-order valence-corrected chi connectivity index (χ3v) is 5.32. The van der Waals surface area contributed by atoms with Crippen molar-refractivity contribution in [3.8, 4) is 0 Å². The SMILES string of the molecule is CCCC1CCC(CN)C(Cc2ccc(C)c(C)c2)C1. The van der Waals surface area contributed by atoms with Gasteiger partial charge in [0.25, 0.3) is 0 Å². The van der Waals surface area contributed by atoms with Gasteiger partial charge in [0.1, 0.15) is 0 Å². The van der Waals surface area contributed by atoms with Gasteiger partial charge in [0.2, 0.25) is 0 Å². The molecule has 1 aromatic rings. The normalized spacial score (nSPS) is 26.7. The van der Waals surface area contributed by atoms with E-state index in [1.165, 1.54) is 55.2 Å². The van der Waals surface area contributed by atoms with Gasteiger partial charge in [0.05, 0.1) is 0 Å². The van der Waals surface area contributed by atoms with Gasteiger partial charge >= 0.3 is 0 Å². The Hall–Kier alpha value is -0.820. The molecule has 3 atom stereocenters. The minimum atomic E-state index is 0.740. The third kappa shape index (κ3) is 3.85. The molecule has 1 aliphatic carbocycles. The molecule has 3 unspecified atom stereocenters. The first kappa shape index (κ1) is 15.6. The zero-order valence-electron chi connectivity index (χ0n) is 13.5. The molecule has 20 heavy (non-hydrogen) atoms. The van der Waals surface area contributed by atoms with Crippen molar-refractivity contribution in [2.75, 3.05) is 6.54 Å². The Morgan fingerprint density at radius 2 is 1.90 bits per heavy atom. The Balaban J connectivity index is 2.04. The summed E-state index contributed by atoms with van der Waals surface area (Å²) in [6, 6.07) is 6.97. The summed E-state index contributed by atoms with van der Waals surface area (Å²) in [7, 11) is 0. The van der Waals surface area contributed by atoms with E-state index in [0.717, 1.165) is 24.3 Å². The maximum Gasteiger partial charge on any atom is -0.00461 e. The van der Waals surface area contributed by atoms with Crippen LogP contribution in [-0.2, 0) is 6.42 Å². The molecule has 1 nitrogen and oxygen atoms in total. The molecule has 0 aromatic heterocycles. The minimum absolute atomic E-state index is 0.740. The highest BCUT2D eigenvalue weighted by atomic mass is 14.6. The molecule has 1 aliphatic rings. The molecule has 112 valence electrons. The summed E-state index contributed by atoms with van der Waals surface area (Å²) in [6.07, 6.45) is 8.09. The van der Waals surface area contributed by atoms with Gasteiger partial charge in [-0.1, -0.05) is 44.4 Å². The standard InChI is InChI=1S/C19H31N/c1-4-5-16-8-9-18(13-20)19(11-16)12-17-7-6-14(2)15(3)10-17/h6-7,10,16,18-19H,4-5,8-9,11-13,20H2,1-3H3. The van der Waals surface area contributed by atoms with Crippen LogP contribution in [0, 0.1) is 31.6 Å². The number of benzene rings is 1. The largest absolute Gasteiger partial charge is 0.330 e. The monoisotopic (exact) mass is 273 g/mol. The average Bonchev–Trinajstić information content (AvgIpc) is 2.44. The van der Waals surface area contributed by atoms with E-state index in [2.05, 4.69) is 39.0 Å². The summed E-state index contributed by atoms with van der Waals surface area (Å²) >= 11 is 0. The first-order valence-corrected chi connectivity index (χ1v) is 8.40. The Morgan fingerprint density at radius 3 is 2.55 bits per heavy atom. The predicted octanol–water partition coefficient (Wildman–Crippen LogP) is 4.64. The molecule has 2 rings (SSSR count). The third-order valence-electron chi connectivity index (χ3n) is 5.32. The summed E-state index contributed by atoms with van der Waals surface area (Å²) in [6.45, 7) is 7.60. The fourth-order valence-electron chi connectivity index (χ4n) is 3.89. The van der Waals surface area contributed by atoms with Crippen LogP contribution in [-0.4, -0.2) is 6.54 Å². The second-order valence-electron chi connectivity index (χ2n) is 6.85. The van der Waals surface area contributed by atoms with Crippen molar-refractivity contribution in [3.63, 3.8) is 0 Å². The molecular formula is C19H31N. The molecule has 1 saturated carbocycles. The maximum atomic E-state index is 6.02. The van der Waals surface area contributed by atoms with Crippen LogP contribution in [0.25, 0.3) is 0 Å². The van der Waals surface area contributed by atoms with Crippen LogP contribution in [0.5, 0.6) is 0 Å². The highest BCUT2D eigenvalue weighted by molar-refractivity contribution is 5.30. The number of rotatable bonds is 5. The zero-order chi connectivity index (χ0) is 14.5. The smallest absolute Gasteiger partial charge is 0.00461 e. The molecule has 0 saturated heterocycles. The second kappa shape index (κ2) is 7.26. The van der Waals surface area contributed by atoms with Gasteiger partial charge in [-0.15, -0.1) is 0 Å². The lowest BCUT2D eigenvalue weighted by atomic mass is 9.70. The number of hydrogen-bond donors (Lipinski definition) is 1. The number of aryl methyl sites for hydroxylation is 2. The molecule has 0 bridgehead atoms. The lowest BCUT2D eigenvalue weighted by Gasteiger charge is -2.36. The van der Waals surface area contributed by atoms with Gasteiger partial charge in [-0.2, -0.15) is 0 Å². The van der Waals surface area contributed by atoms with E-state index in [9.17, 15) is 0 Å². The van der Waals surface area contributed by atoms with Gasteiger partial charge in [-0.25, -0.2) is 0 Å². The molecule has 1 fully saturated rings. The van der Waals surface area contributed by atoms with Crippen molar-refractivity contribution in [2.45, 2.75) is 59.3 Å². The van der Waals surface area contributed by atoms with Crippen LogP contribution >= 0.6 is 0 Å². The zero-order valence-corrected chi connectivity index (χ0v) is 13.5. The number of nitrogens with two attached hydrogens (primary N) is 1. The fraction of sp³-hybridized carbons (Fsp3) is 0.684.